The summed E-state index contributed by atoms with van der Waals surface area (Å²) in [6, 6.07) is 11.4. The summed E-state index contributed by atoms with van der Waals surface area (Å²) in [4.78, 5) is 34.7. The van der Waals surface area contributed by atoms with E-state index in [-0.39, 0.29) is 18.2 Å². The van der Waals surface area contributed by atoms with Gasteiger partial charge in [0.1, 0.15) is 5.75 Å². The van der Waals surface area contributed by atoms with Crippen molar-refractivity contribution in [1.29, 1.82) is 0 Å². The van der Waals surface area contributed by atoms with E-state index >= 15 is 0 Å². The van der Waals surface area contributed by atoms with Gasteiger partial charge in [0, 0.05) is 54.9 Å². The van der Waals surface area contributed by atoms with E-state index in [1.165, 1.54) is 0 Å². The quantitative estimate of drug-likeness (QED) is 0.288. The van der Waals surface area contributed by atoms with E-state index in [1.807, 2.05) is 52.3 Å². The van der Waals surface area contributed by atoms with Crippen molar-refractivity contribution < 1.29 is 14.3 Å². The Labute approximate surface area is 224 Å². The van der Waals surface area contributed by atoms with E-state index in [1.54, 1.807) is 7.11 Å². The third kappa shape index (κ3) is 5.93. The maximum atomic E-state index is 13.5. The first-order valence-corrected chi connectivity index (χ1v) is 13.3. The number of methoxy groups -OCH3 is 1. The van der Waals surface area contributed by atoms with E-state index in [0.717, 1.165) is 55.5 Å². The number of carbonyl (C=O) groups excluding carboxylic acids is 2. The number of carbonyl (C=O) groups is 2. The minimum absolute atomic E-state index is 0.0391. The van der Waals surface area contributed by atoms with Crippen LogP contribution in [0.4, 0.5) is 5.69 Å². The summed E-state index contributed by atoms with van der Waals surface area (Å²) < 4.78 is 5.75. The van der Waals surface area contributed by atoms with Gasteiger partial charge in [-0.25, -0.2) is 4.99 Å². The predicted molar refractivity (Wildman–Crippen MR) is 149 cm³/mol. The molecule has 0 spiro atoms. The Hall–Kier alpha value is -4.01. The number of aliphatic imine (C=N–C) groups is 1. The first-order chi connectivity index (χ1) is 18.5. The molecule has 0 saturated carbocycles. The maximum Gasteiger partial charge on any atom is 0.253 e. The van der Waals surface area contributed by atoms with Crippen LogP contribution >= 0.6 is 0 Å². The number of benzene rings is 2. The Morgan fingerprint density at radius 3 is 2.37 bits per heavy atom. The molecule has 200 valence electrons. The zero-order chi connectivity index (χ0) is 27.1. The number of amidine groups is 1. The van der Waals surface area contributed by atoms with Crippen LogP contribution in [0, 0.1) is 0 Å². The third-order valence-electron chi connectivity index (χ3n) is 6.83. The van der Waals surface area contributed by atoms with Crippen LogP contribution in [-0.2, 0) is 4.79 Å². The molecule has 0 bridgehead atoms. The van der Waals surface area contributed by atoms with Crippen molar-refractivity contribution in [2.24, 2.45) is 21.2 Å². The summed E-state index contributed by atoms with van der Waals surface area (Å²) in [5.41, 5.74) is 4.35. The molecule has 2 aromatic rings. The number of nitrogens with zero attached hydrogens (tertiary/aromatic N) is 5. The zero-order valence-corrected chi connectivity index (χ0v) is 22.4. The van der Waals surface area contributed by atoms with Crippen LogP contribution < -0.4 is 10.6 Å². The fourth-order valence-electron chi connectivity index (χ4n) is 4.99. The predicted octanol–water partition coefficient (Wildman–Crippen LogP) is 5.39. The number of hydrogen-bond acceptors (Lipinski definition) is 6. The van der Waals surface area contributed by atoms with Crippen molar-refractivity contribution in [3.05, 3.63) is 53.1 Å². The molecule has 2 aliphatic heterocycles. The van der Waals surface area contributed by atoms with Crippen molar-refractivity contribution in [3.63, 3.8) is 0 Å². The van der Waals surface area contributed by atoms with Crippen LogP contribution in [0.2, 0.25) is 0 Å². The second-order valence-electron chi connectivity index (χ2n) is 9.57. The number of fused-ring (bicyclic) bond motifs is 1. The van der Waals surface area contributed by atoms with Gasteiger partial charge in [-0.05, 0) is 61.6 Å². The molecule has 1 saturated heterocycles. The molecule has 2 N–H and O–H groups in total. The van der Waals surface area contributed by atoms with Gasteiger partial charge in [-0.2, -0.15) is 0 Å². The molecule has 0 aliphatic carbocycles. The second-order valence-corrected chi connectivity index (χ2v) is 9.57. The normalized spacial score (nSPS) is 15.1. The number of hydrogen-bond donors (Lipinski definition) is 1. The molecule has 0 aromatic heterocycles. The molecule has 0 radical (unpaired) electrons. The van der Waals surface area contributed by atoms with Crippen LogP contribution in [0.25, 0.3) is 17.2 Å². The lowest BCUT2D eigenvalue weighted by Gasteiger charge is -2.22. The molecule has 0 atom stereocenters. The topological polar surface area (TPSA) is 113 Å². The summed E-state index contributed by atoms with van der Waals surface area (Å²) in [5.74, 6) is 6.40. The third-order valence-corrected chi connectivity index (χ3v) is 6.83. The smallest absolute Gasteiger partial charge is 0.253 e. The van der Waals surface area contributed by atoms with Gasteiger partial charge in [-0.3, -0.25) is 9.59 Å². The highest BCUT2D eigenvalue weighted by atomic mass is 16.5. The molecule has 2 heterocycles. The highest BCUT2D eigenvalue weighted by Gasteiger charge is 2.24. The van der Waals surface area contributed by atoms with Crippen LogP contribution in [0.1, 0.15) is 61.9 Å². The standard InChI is InChI=1S/C29H36N6O3/c1-4-12-34(13-5-2)29(37)23-16-22-17-26(38-3)24(19-25(22)31-27(18-23)32-33-30)20-8-10-21(11-9-20)28(36)35-14-6-7-15-35/h8-11,16-17,19H,4-7,12-15,18H2,1-3H3,(H2,30,31,32). The molecule has 9 heteroatoms. The molecule has 2 amide bonds. The monoisotopic (exact) mass is 516 g/mol. The largest absolute Gasteiger partial charge is 0.496 e. The average Bonchev–Trinajstić information content (AvgIpc) is 3.41. The van der Waals surface area contributed by atoms with E-state index in [9.17, 15) is 9.59 Å². The molecule has 4 rings (SSSR count). The van der Waals surface area contributed by atoms with Gasteiger partial charge < -0.3 is 20.4 Å². The number of likely N-dealkylation sites (tertiary alicyclic amines) is 1. The lowest BCUT2D eigenvalue weighted by Crippen LogP contribution is -2.34. The number of amides is 2. The summed E-state index contributed by atoms with van der Waals surface area (Å²) >= 11 is 0. The Morgan fingerprint density at radius 1 is 1.08 bits per heavy atom. The zero-order valence-electron chi connectivity index (χ0n) is 22.4. The molecule has 9 nitrogen and oxygen atoms in total. The Balaban J connectivity index is 1.73. The van der Waals surface area contributed by atoms with Crippen LogP contribution in [0.15, 0.2) is 57.3 Å². The van der Waals surface area contributed by atoms with Crippen molar-refractivity contribution in [1.82, 2.24) is 9.80 Å². The van der Waals surface area contributed by atoms with Gasteiger partial charge in [0.2, 0.25) is 5.91 Å². The van der Waals surface area contributed by atoms with Crippen LogP contribution in [0.5, 0.6) is 5.75 Å². The molecule has 1 fully saturated rings. The summed E-state index contributed by atoms with van der Waals surface area (Å²) in [5, 5.41) is 7.45. The molecule has 2 aliphatic rings. The SMILES string of the molecule is CCCN(CCC)C(=O)C1=Cc2cc(OC)c(-c3ccc(C(=O)N4CCCC4)cc3)cc2N=C(N=NN)C1. The second kappa shape index (κ2) is 12.5. The lowest BCUT2D eigenvalue weighted by molar-refractivity contribution is -0.127. The van der Waals surface area contributed by atoms with Gasteiger partial charge in [-0.1, -0.05) is 31.2 Å². The minimum atomic E-state index is -0.0391. The lowest BCUT2D eigenvalue weighted by atomic mass is 9.98. The minimum Gasteiger partial charge on any atom is -0.496 e. The van der Waals surface area contributed by atoms with Crippen molar-refractivity contribution >= 4 is 29.4 Å². The Bertz CT molecular complexity index is 1250. The van der Waals surface area contributed by atoms with Gasteiger partial charge >= 0.3 is 0 Å². The van der Waals surface area contributed by atoms with Gasteiger partial charge in [0.15, 0.2) is 5.84 Å². The van der Waals surface area contributed by atoms with Gasteiger partial charge in [0.05, 0.1) is 12.8 Å². The highest BCUT2D eigenvalue weighted by Crippen LogP contribution is 2.39. The molecule has 0 unspecified atom stereocenters. The fraction of sp³-hybridized carbons (Fsp3) is 0.414. The maximum absolute atomic E-state index is 13.5. The van der Waals surface area contributed by atoms with E-state index in [2.05, 4.69) is 24.2 Å². The number of rotatable bonds is 8. The van der Waals surface area contributed by atoms with E-state index < -0.39 is 0 Å². The highest BCUT2D eigenvalue weighted by molar-refractivity contribution is 6.06. The first-order valence-electron chi connectivity index (χ1n) is 13.3. The van der Waals surface area contributed by atoms with Gasteiger partial charge in [0.25, 0.3) is 5.91 Å². The van der Waals surface area contributed by atoms with Crippen molar-refractivity contribution in [3.8, 4) is 16.9 Å². The summed E-state index contributed by atoms with van der Waals surface area (Å²) in [7, 11) is 1.62. The average molecular weight is 517 g/mol. The molecular weight excluding hydrogens is 480 g/mol. The molecule has 2 aromatic carbocycles. The summed E-state index contributed by atoms with van der Waals surface area (Å²) in [6.07, 6.45) is 5.95. The van der Waals surface area contributed by atoms with Crippen LogP contribution in [-0.4, -0.2) is 60.7 Å². The van der Waals surface area contributed by atoms with E-state index in [0.29, 0.717) is 41.5 Å². The van der Waals surface area contributed by atoms with Crippen LogP contribution in [0.3, 0.4) is 0 Å². The van der Waals surface area contributed by atoms with Gasteiger partial charge in [-0.15, -0.1) is 5.11 Å². The van der Waals surface area contributed by atoms with Crippen molar-refractivity contribution in [2.75, 3.05) is 33.3 Å². The summed E-state index contributed by atoms with van der Waals surface area (Å²) in [6.45, 7) is 7.10. The fourth-order valence-corrected chi connectivity index (χ4v) is 4.99. The number of ether oxygens (including phenoxy) is 1. The first kappa shape index (κ1) is 27.0. The van der Waals surface area contributed by atoms with Crippen molar-refractivity contribution in [2.45, 2.75) is 46.0 Å². The molecular formula is C29H36N6O3. The number of nitrogens with two attached hydrogens (primary N) is 1. The Morgan fingerprint density at radius 2 is 1.76 bits per heavy atom. The van der Waals surface area contributed by atoms with E-state index in [4.69, 9.17) is 15.6 Å². The molecule has 38 heavy (non-hydrogen) atoms. The Kier molecular flexibility index (Phi) is 8.89.